The molecule has 1 atom stereocenters. The van der Waals surface area contributed by atoms with E-state index in [1.807, 2.05) is 54.7 Å². The SMILES string of the molecule is C#Cc1cccc(-c2cc(-c3cn(Cc4cccc(C(OC)C(C)C)n4)nn3)nc(N)n2)c1. The van der Waals surface area contributed by atoms with Crippen molar-refractivity contribution in [2.75, 3.05) is 12.8 Å². The van der Waals surface area contributed by atoms with Gasteiger partial charge in [0.2, 0.25) is 5.95 Å². The Hall–Kier alpha value is -4.09. The third-order valence-electron chi connectivity index (χ3n) is 5.17. The average Bonchev–Trinajstić information content (AvgIpc) is 3.28. The van der Waals surface area contributed by atoms with Gasteiger partial charge in [0.1, 0.15) is 11.8 Å². The maximum atomic E-state index is 5.98. The van der Waals surface area contributed by atoms with Crippen LogP contribution in [0.25, 0.3) is 22.6 Å². The number of aromatic nitrogens is 6. The topological polar surface area (TPSA) is 105 Å². The highest BCUT2D eigenvalue weighted by Gasteiger charge is 2.17. The lowest BCUT2D eigenvalue weighted by Gasteiger charge is -2.19. The van der Waals surface area contributed by atoms with Crippen molar-refractivity contribution in [2.45, 2.75) is 26.5 Å². The number of methoxy groups -OCH3 is 1. The van der Waals surface area contributed by atoms with Crippen LogP contribution in [0.1, 0.15) is 36.9 Å². The van der Waals surface area contributed by atoms with Crippen molar-refractivity contribution in [3.63, 3.8) is 0 Å². The molecule has 0 saturated heterocycles. The maximum Gasteiger partial charge on any atom is 0.221 e. The Morgan fingerprint density at radius 3 is 2.58 bits per heavy atom. The number of nitrogens with zero attached hydrogens (tertiary/aromatic N) is 6. The molecule has 4 rings (SSSR count). The molecule has 0 saturated carbocycles. The van der Waals surface area contributed by atoms with Crippen LogP contribution >= 0.6 is 0 Å². The Morgan fingerprint density at radius 2 is 1.82 bits per heavy atom. The zero-order chi connectivity index (χ0) is 23.4. The van der Waals surface area contributed by atoms with Crippen LogP contribution < -0.4 is 5.73 Å². The molecule has 0 aliphatic rings. The molecular weight excluding hydrogens is 414 g/mol. The van der Waals surface area contributed by atoms with Crippen LogP contribution in [-0.2, 0) is 11.3 Å². The summed E-state index contributed by atoms with van der Waals surface area (Å²) in [5.74, 6) is 3.10. The first-order chi connectivity index (χ1) is 16.0. The molecule has 4 aromatic rings. The fraction of sp³-hybridized carbons (Fsp3) is 0.240. The third kappa shape index (κ3) is 5.05. The molecule has 0 spiro atoms. The lowest BCUT2D eigenvalue weighted by molar-refractivity contribution is 0.0610. The Kier molecular flexibility index (Phi) is 6.43. The van der Waals surface area contributed by atoms with Gasteiger partial charge in [-0.05, 0) is 36.2 Å². The van der Waals surface area contributed by atoms with Crippen LogP contribution in [0.3, 0.4) is 0 Å². The standard InChI is InChI=1S/C25H25N7O/c1-5-17-8-6-9-18(12-17)21-13-22(29-25(26)28-21)23-15-32(31-30-23)14-19-10-7-11-20(27-19)24(33-4)16(2)3/h1,6-13,15-16,24H,14H2,2-4H3,(H2,26,28,29). The molecule has 3 aromatic heterocycles. The maximum absolute atomic E-state index is 5.98. The molecule has 0 aliphatic heterocycles. The van der Waals surface area contributed by atoms with E-state index in [-0.39, 0.29) is 12.1 Å². The number of benzene rings is 1. The fourth-order valence-electron chi connectivity index (χ4n) is 3.65. The summed E-state index contributed by atoms with van der Waals surface area (Å²) in [7, 11) is 1.70. The third-order valence-corrected chi connectivity index (χ3v) is 5.17. The Labute approximate surface area is 192 Å². The summed E-state index contributed by atoms with van der Waals surface area (Å²) < 4.78 is 7.32. The van der Waals surface area contributed by atoms with Gasteiger partial charge in [0, 0.05) is 18.2 Å². The molecular formula is C25H25N7O. The summed E-state index contributed by atoms with van der Waals surface area (Å²) in [5.41, 5.74) is 11.2. The first kappa shape index (κ1) is 22.1. The molecule has 8 nitrogen and oxygen atoms in total. The summed E-state index contributed by atoms with van der Waals surface area (Å²) in [4.78, 5) is 13.4. The molecule has 0 bridgehead atoms. The molecule has 1 aromatic carbocycles. The number of nitrogens with two attached hydrogens (primary N) is 1. The van der Waals surface area contributed by atoms with Gasteiger partial charge in [0.05, 0.1) is 35.5 Å². The van der Waals surface area contributed by atoms with Crippen molar-refractivity contribution in [3.05, 3.63) is 71.7 Å². The largest absolute Gasteiger partial charge is 0.375 e. The lowest BCUT2D eigenvalue weighted by atomic mass is 10.0. The molecule has 3 heterocycles. The fourth-order valence-corrected chi connectivity index (χ4v) is 3.65. The Balaban J connectivity index is 1.59. The van der Waals surface area contributed by atoms with Crippen LogP contribution in [0, 0.1) is 18.3 Å². The normalized spacial score (nSPS) is 12.0. The zero-order valence-electron chi connectivity index (χ0n) is 18.8. The van der Waals surface area contributed by atoms with Crippen LogP contribution in [0.4, 0.5) is 5.95 Å². The van der Waals surface area contributed by atoms with Gasteiger partial charge in [-0.15, -0.1) is 11.5 Å². The molecule has 0 aliphatic carbocycles. The Morgan fingerprint density at radius 1 is 1.03 bits per heavy atom. The minimum Gasteiger partial charge on any atom is -0.375 e. The Bertz CT molecular complexity index is 1310. The number of terminal acetylenes is 1. The highest BCUT2D eigenvalue weighted by molar-refractivity contribution is 5.68. The summed E-state index contributed by atoms with van der Waals surface area (Å²) in [5, 5.41) is 8.52. The van der Waals surface area contributed by atoms with E-state index in [2.05, 4.69) is 40.0 Å². The van der Waals surface area contributed by atoms with Gasteiger partial charge >= 0.3 is 0 Å². The quantitative estimate of drug-likeness (QED) is 0.437. The van der Waals surface area contributed by atoms with E-state index in [4.69, 9.17) is 21.9 Å². The summed E-state index contributed by atoms with van der Waals surface area (Å²) >= 11 is 0. The van der Waals surface area contributed by atoms with Gasteiger partial charge in [0.25, 0.3) is 0 Å². The van der Waals surface area contributed by atoms with E-state index in [1.165, 1.54) is 0 Å². The molecule has 1 unspecified atom stereocenters. The van der Waals surface area contributed by atoms with E-state index in [9.17, 15) is 0 Å². The second kappa shape index (κ2) is 9.59. The number of anilines is 1. The highest BCUT2D eigenvalue weighted by Crippen LogP contribution is 2.25. The van der Waals surface area contributed by atoms with Gasteiger partial charge < -0.3 is 10.5 Å². The van der Waals surface area contributed by atoms with E-state index in [1.54, 1.807) is 11.8 Å². The van der Waals surface area contributed by atoms with Gasteiger partial charge in [-0.2, -0.15) is 0 Å². The molecule has 0 amide bonds. The zero-order valence-corrected chi connectivity index (χ0v) is 18.8. The number of rotatable bonds is 7. The summed E-state index contributed by atoms with van der Waals surface area (Å²) in [6.07, 6.45) is 7.27. The molecule has 8 heteroatoms. The number of nitrogen functional groups attached to an aromatic ring is 1. The van der Waals surface area contributed by atoms with Gasteiger partial charge in [-0.25, -0.2) is 14.6 Å². The first-order valence-corrected chi connectivity index (χ1v) is 10.6. The smallest absolute Gasteiger partial charge is 0.221 e. The van der Waals surface area contributed by atoms with Crippen LogP contribution in [0.5, 0.6) is 0 Å². The van der Waals surface area contributed by atoms with Crippen LogP contribution in [0.15, 0.2) is 54.7 Å². The summed E-state index contributed by atoms with van der Waals surface area (Å²) in [6, 6.07) is 15.3. The predicted octanol–water partition coefficient (Wildman–Crippen LogP) is 3.75. The minimum absolute atomic E-state index is 0.0633. The van der Waals surface area contributed by atoms with Crippen LogP contribution in [-0.4, -0.2) is 37.1 Å². The van der Waals surface area contributed by atoms with Crippen molar-refractivity contribution in [1.29, 1.82) is 0 Å². The highest BCUT2D eigenvalue weighted by atomic mass is 16.5. The summed E-state index contributed by atoms with van der Waals surface area (Å²) in [6.45, 7) is 4.68. The van der Waals surface area contributed by atoms with Crippen molar-refractivity contribution in [2.24, 2.45) is 5.92 Å². The van der Waals surface area contributed by atoms with Gasteiger partial charge in [0.15, 0.2) is 0 Å². The molecule has 166 valence electrons. The van der Waals surface area contributed by atoms with E-state index in [0.717, 1.165) is 22.5 Å². The second-order valence-electron chi connectivity index (χ2n) is 7.98. The van der Waals surface area contributed by atoms with Gasteiger partial charge in [-0.3, -0.25) is 4.98 Å². The monoisotopic (exact) mass is 439 g/mol. The average molecular weight is 440 g/mol. The molecule has 0 fully saturated rings. The predicted molar refractivity (Wildman–Crippen MR) is 127 cm³/mol. The van der Waals surface area contributed by atoms with E-state index >= 15 is 0 Å². The van der Waals surface area contributed by atoms with E-state index < -0.39 is 0 Å². The molecule has 33 heavy (non-hydrogen) atoms. The van der Waals surface area contributed by atoms with Crippen molar-refractivity contribution in [3.8, 4) is 35.0 Å². The molecule has 2 N–H and O–H groups in total. The second-order valence-corrected chi connectivity index (χ2v) is 7.98. The number of hydrogen-bond acceptors (Lipinski definition) is 7. The number of ether oxygens (including phenoxy) is 1. The minimum atomic E-state index is -0.0633. The first-order valence-electron chi connectivity index (χ1n) is 10.6. The van der Waals surface area contributed by atoms with E-state index in [0.29, 0.717) is 29.5 Å². The van der Waals surface area contributed by atoms with Crippen molar-refractivity contribution >= 4 is 5.95 Å². The van der Waals surface area contributed by atoms with Crippen LogP contribution in [0.2, 0.25) is 0 Å². The molecule has 0 radical (unpaired) electrons. The number of hydrogen-bond donors (Lipinski definition) is 1. The van der Waals surface area contributed by atoms with Gasteiger partial charge in [-0.1, -0.05) is 43.2 Å². The van der Waals surface area contributed by atoms with Crippen molar-refractivity contribution < 1.29 is 4.74 Å². The number of pyridine rings is 1. The lowest BCUT2D eigenvalue weighted by Crippen LogP contribution is -2.12. The van der Waals surface area contributed by atoms with Crippen molar-refractivity contribution in [1.82, 2.24) is 29.9 Å².